The van der Waals surface area contributed by atoms with E-state index in [0.29, 0.717) is 23.7 Å². The molecule has 0 saturated carbocycles. The lowest BCUT2D eigenvalue weighted by atomic mass is 10.2. The van der Waals surface area contributed by atoms with E-state index in [1.807, 2.05) is 11.8 Å². The molecule has 0 atom stereocenters. The predicted molar refractivity (Wildman–Crippen MR) is 66.9 cm³/mol. The summed E-state index contributed by atoms with van der Waals surface area (Å²) in [6, 6.07) is 5.16. The van der Waals surface area contributed by atoms with Gasteiger partial charge in [-0.25, -0.2) is 0 Å². The molecule has 0 bridgehead atoms. The van der Waals surface area contributed by atoms with Crippen LogP contribution in [0.2, 0.25) is 0 Å². The number of benzene rings is 1. The minimum Gasteiger partial charge on any atom is -0.493 e. The Bertz CT molecular complexity index is 339. The molecule has 0 heterocycles. The van der Waals surface area contributed by atoms with Crippen LogP contribution in [0.5, 0.6) is 11.5 Å². The smallest absolute Gasteiger partial charge is 0.161 e. The fourth-order valence-corrected chi connectivity index (χ4v) is 1.72. The van der Waals surface area contributed by atoms with E-state index in [4.69, 9.17) is 9.47 Å². The summed E-state index contributed by atoms with van der Waals surface area (Å²) < 4.78 is 10.7. The summed E-state index contributed by atoms with van der Waals surface area (Å²) in [6.45, 7) is 2.76. The molecule has 16 heavy (non-hydrogen) atoms. The van der Waals surface area contributed by atoms with Crippen molar-refractivity contribution in [3.8, 4) is 11.5 Å². The van der Waals surface area contributed by atoms with Crippen LogP contribution in [-0.4, -0.2) is 31.5 Å². The summed E-state index contributed by atoms with van der Waals surface area (Å²) in [5, 5.41) is 0. The first-order chi connectivity index (χ1) is 7.81. The van der Waals surface area contributed by atoms with Gasteiger partial charge < -0.3 is 9.47 Å². The Kier molecular flexibility index (Phi) is 5.78. The lowest BCUT2D eigenvalue weighted by molar-refractivity contribution is 0.112. The predicted octanol–water partition coefficient (Wildman–Crippen LogP) is 2.64. The Morgan fingerprint density at radius 2 is 2.19 bits per heavy atom. The van der Waals surface area contributed by atoms with Crippen molar-refractivity contribution in [2.75, 3.05) is 25.2 Å². The average Bonchev–Trinajstić information content (AvgIpc) is 2.34. The van der Waals surface area contributed by atoms with E-state index < -0.39 is 0 Å². The average molecular weight is 240 g/mol. The molecule has 0 amide bonds. The van der Waals surface area contributed by atoms with E-state index in [0.717, 1.165) is 17.8 Å². The van der Waals surface area contributed by atoms with E-state index in [1.54, 1.807) is 25.3 Å². The largest absolute Gasteiger partial charge is 0.493 e. The number of ether oxygens (including phenoxy) is 2. The normalized spacial score (nSPS) is 9.88. The van der Waals surface area contributed by atoms with Gasteiger partial charge in [0.05, 0.1) is 13.7 Å². The van der Waals surface area contributed by atoms with Crippen LogP contribution in [0.3, 0.4) is 0 Å². The Hall–Kier alpha value is -1.16. The summed E-state index contributed by atoms with van der Waals surface area (Å²) in [5.41, 5.74) is 0.590. The molecule has 0 saturated heterocycles. The quantitative estimate of drug-likeness (QED) is 0.542. The van der Waals surface area contributed by atoms with Crippen molar-refractivity contribution < 1.29 is 14.3 Å². The van der Waals surface area contributed by atoms with Gasteiger partial charge in [0.2, 0.25) is 0 Å². The minimum absolute atomic E-state index is 0.590. The number of rotatable bonds is 7. The number of thioether (sulfide) groups is 1. The molecule has 0 spiro atoms. The van der Waals surface area contributed by atoms with Crippen molar-refractivity contribution in [1.82, 2.24) is 0 Å². The van der Waals surface area contributed by atoms with Crippen LogP contribution < -0.4 is 9.47 Å². The molecule has 1 rings (SSSR count). The SMILES string of the molecule is CCSCCOc1ccc(C=O)cc1OC. The van der Waals surface area contributed by atoms with Gasteiger partial charge in [-0.3, -0.25) is 4.79 Å². The van der Waals surface area contributed by atoms with Crippen LogP contribution in [0, 0.1) is 0 Å². The Balaban J connectivity index is 2.61. The lowest BCUT2D eigenvalue weighted by Gasteiger charge is -2.10. The molecule has 4 heteroatoms. The minimum atomic E-state index is 0.590. The van der Waals surface area contributed by atoms with E-state index in [2.05, 4.69) is 6.92 Å². The van der Waals surface area contributed by atoms with Gasteiger partial charge in [-0.15, -0.1) is 0 Å². The number of hydrogen-bond donors (Lipinski definition) is 0. The first-order valence-electron chi connectivity index (χ1n) is 5.15. The third kappa shape index (κ3) is 3.77. The summed E-state index contributed by atoms with van der Waals surface area (Å²) in [6.07, 6.45) is 0.791. The first kappa shape index (κ1) is 12.9. The monoisotopic (exact) mass is 240 g/mol. The maximum absolute atomic E-state index is 10.6. The van der Waals surface area contributed by atoms with Gasteiger partial charge in [-0.2, -0.15) is 11.8 Å². The van der Waals surface area contributed by atoms with Gasteiger partial charge in [-0.1, -0.05) is 6.92 Å². The van der Waals surface area contributed by atoms with Crippen LogP contribution in [-0.2, 0) is 0 Å². The number of methoxy groups -OCH3 is 1. The van der Waals surface area contributed by atoms with Gasteiger partial charge >= 0.3 is 0 Å². The molecule has 0 fully saturated rings. The van der Waals surface area contributed by atoms with E-state index in [1.165, 1.54) is 0 Å². The molecule has 0 aliphatic rings. The van der Waals surface area contributed by atoms with Crippen LogP contribution in [0.4, 0.5) is 0 Å². The van der Waals surface area contributed by atoms with Gasteiger partial charge in [0.25, 0.3) is 0 Å². The Labute approximate surface area is 100 Å². The third-order valence-electron chi connectivity index (χ3n) is 2.01. The summed E-state index contributed by atoms with van der Waals surface area (Å²) in [7, 11) is 1.57. The first-order valence-corrected chi connectivity index (χ1v) is 6.31. The van der Waals surface area contributed by atoms with Crippen molar-refractivity contribution in [3.05, 3.63) is 23.8 Å². The number of carbonyl (C=O) groups is 1. The molecule has 0 N–H and O–H groups in total. The molecule has 0 aliphatic carbocycles. The number of aldehydes is 1. The fourth-order valence-electron chi connectivity index (χ4n) is 1.23. The van der Waals surface area contributed by atoms with Gasteiger partial charge in [0.1, 0.15) is 6.29 Å². The van der Waals surface area contributed by atoms with Crippen molar-refractivity contribution in [2.45, 2.75) is 6.92 Å². The second-order valence-corrected chi connectivity index (χ2v) is 4.47. The molecular formula is C12H16O3S. The van der Waals surface area contributed by atoms with Crippen molar-refractivity contribution in [3.63, 3.8) is 0 Å². The fraction of sp³-hybridized carbons (Fsp3) is 0.417. The number of hydrogen-bond acceptors (Lipinski definition) is 4. The van der Waals surface area contributed by atoms with Crippen molar-refractivity contribution in [1.29, 1.82) is 0 Å². The summed E-state index contributed by atoms with van der Waals surface area (Å²) >= 11 is 1.83. The topological polar surface area (TPSA) is 35.5 Å². The zero-order valence-electron chi connectivity index (χ0n) is 9.56. The molecule has 88 valence electrons. The van der Waals surface area contributed by atoms with Crippen LogP contribution >= 0.6 is 11.8 Å². The van der Waals surface area contributed by atoms with Crippen LogP contribution in [0.1, 0.15) is 17.3 Å². The Morgan fingerprint density at radius 3 is 2.81 bits per heavy atom. The molecule has 0 aliphatic heterocycles. The van der Waals surface area contributed by atoms with Crippen LogP contribution in [0.15, 0.2) is 18.2 Å². The molecule has 0 aromatic heterocycles. The zero-order valence-corrected chi connectivity index (χ0v) is 10.4. The highest BCUT2D eigenvalue weighted by Gasteiger charge is 2.04. The third-order valence-corrected chi connectivity index (χ3v) is 2.88. The molecular weight excluding hydrogens is 224 g/mol. The van der Waals surface area contributed by atoms with E-state index >= 15 is 0 Å². The van der Waals surface area contributed by atoms with Gasteiger partial charge in [0.15, 0.2) is 11.5 Å². The van der Waals surface area contributed by atoms with Gasteiger partial charge in [-0.05, 0) is 24.0 Å². The molecule has 1 aromatic carbocycles. The highest BCUT2D eigenvalue weighted by atomic mass is 32.2. The highest BCUT2D eigenvalue weighted by molar-refractivity contribution is 7.99. The molecule has 1 aromatic rings. The zero-order chi connectivity index (χ0) is 11.8. The second-order valence-electron chi connectivity index (χ2n) is 3.07. The summed E-state index contributed by atoms with van der Waals surface area (Å²) in [5.74, 6) is 3.33. The molecule has 0 unspecified atom stereocenters. The second kappa shape index (κ2) is 7.17. The standard InChI is InChI=1S/C12H16O3S/c1-3-16-7-6-15-11-5-4-10(9-13)8-12(11)14-2/h4-5,8-9H,3,6-7H2,1-2H3. The lowest BCUT2D eigenvalue weighted by Crippen LogP contribution is -2.02. The molecule has 3 nitrogen and oxygen atoms in total. The summed E-state index contributed by atoms with van der Waals surface area (Å²) in [4.78, 5) is 10.6. The molecule has 0 radical (unpaired) electrons. The maximum atomic E-state index is 10.6. The van der Waals surface area contributed by atoms with Crippen molar-refractivity contribution in [2.24, 2.45) is 0 Å². The highest BCUT2D eigenvalue weighted by Crippen LogP contribution is 2.27. The van der Waals surface area contributed by atoms with Gasteiger partial charge in [0, 0.05) is 11.3 Å². The Morgan fingerprint density at radius 1 is 1.38 bits per heavy atom. The van der Waals surface area contributed by atoms with E-state index in [-0.39, 0.29) is 0 Å². The van der Waals surface area contributed by atoms with E-state index in [9.17, 15) is 4.79 Å². The number of carbonyl (C=O) groups excluding carboxylic acids is 1. The van der Waals surface area contributed by atoms with Crippen LogP contribution in [0.25, 0.3) is 0 Å². The maximum Gasteiger partial charge on any atom is 0.161 e. The van der Waals surface area contributed by atoms with Crippen molar-refractivity contribution >= 4 is 18.0 Å².